The molecule has 0 saturated carbocycles. The van der Waals surface area contributed by atoms with Gasteiger partial charge in [0.15, 0.2) is 0 Å². The predicted octanol–water partition coefficient (Wildman–Crippen LogP) is 3.53. The Morgan fingerprint density at radius 3 is 1.88 bits per heavy atom. The molecule has 2 radical (unpaired) electrons. The van der Waals surface area contributed by atoms with Gasteiger partial charge in [0, 0.05) is 13.2 Å². The Bertz CT molecular complexity index is 139. The van der Waals surface area contributed by atoms with E-state index >= 15 is 0 Å². The maximum Gasteiger partial charge on any atom is 0.147 e. The number of hydrogen-bond donors (Lipinski definition) is 0. The first-order chi connectivity index (χ1) is 7.85. The van der Waals surface area contributed by atoms with E-state index in [0.29, 0.717) is 9.52 Å². The average molecular weight is 242 g/mol. The summed E-state index contributed by atoms with van der Waals surface area (Å²) in [7, 11) is 0.549. The van der Waals surface area contributed by atoms with E-state index in [1.54, 1.807) is 0 Å². The summed E-state index contributed by atoms with van der Waals surface area (Å²) < 4.78 is 11.4. The summed E-state index contributed by atoms with van der Waals surface area (Å²) in [6, 6.07) is 0. The molecule has 94 valence electrons. The van der Waals surface area contributed by atoms with Gasteiger partial charge in [-0.05, 0) is 12.8 Å². The predicted molar refractivity (Wildman–Crippen MR) is 70.7 cm³/mol. The Labute approximate surface area is 103 Å². The molecule has 3 heteroatoms. The third kappa shape index (κ3) is 10.4. The minimum Gasteiger partial charge on any atom is -0.357 e. The Kier molecular flexibility index (Phi) is 12.8. The number of rotatable bonds is 12. The normalized spacial score (nSPS) is 10.9. The lowest BCUT2D eigenvalue weighted by molar-refractivity contribution is -0.0915. The fourth-order valence-corrected chi connectivity index (χ4v) is 1.95. The maximum atomic E-state index is 5.68. The van der Waals surface area contributed by atoms with Gasteiger partial charge in [0.2, 0.25) is 0 Å². The van der Waals surface area contributed by atoms with Crippen molar-refractivity contribution in [1.29, 1.82) is 0 Å². The van der Waals surface area contributed by atoms with Crippen LogP contribution in [-0.2, 0) is 9.47 Å². The highest BCUT2D eigenvalue weighted by Gasteiger charge is 2.07. The van der Waals surface area contributed by atoms with Crippen LogP contribution < -0.4 is 0 Å². The molecule has 0 aliphatic rings. The van der Waals surface area contributed by atoms with Gasteiger partial charge in [0.05, 0.1) is 0 Å². The fourth-order valence-electron chi connectivity index (χ4n) is 1.33. The summed E-state index contributed by atoms with van der Waals surface area (Å²) >= 11 is 0. The van der Waals surface area contributed by atoms with E-state index in [4.69, 9.17) is 9.47 Å². The molecule has 0 N–H and O–H groups in total. The molecule has 16 heavy (non-hydrogen) atoms. The second-order valence-electron chi connectivity index (χ2n) is 3.86. The molecule has 0 saturated heterocycles. The van der Waals surface area contributed by atoms with Crippen LogP contribution in [0, 0.1) is 0 Å². The van der Waals surface area contributed by atoms with Gasteiger partial charge in [-0.3, -0.25) is 0 Å². The van der Waals surface area contributed by atoms with Crippen molar-refractivity contribution in [3.63, 3.8) is 0 Å². The van der Waals surface area contributed by atoms with E-state index in [-0.39, 0.29) is 5.91 Å². The lowest BCUT2D eigenvalue weighted by atomic mass is 10.3. The molecule has 0 bridgehead atoms. The zero-order valence-electron chi connectivity index (χ0n) is 10.8. The van der Waals surface area contributed by atoms with Crippen molar-refractivity contribution in [3.8, 4) is 0 Å². The second kappa shape index (κ2) is 12.9. The van der Waals surface area contributed by atoms with Gasteiger partial charge in [-0.2, -0.15) is 0 Å². The van der Waals surface area contributed by atoms with Crippen LogP contribution in [0.3, 0.4) is 0 Å². The molecular formula is C13H26O2Si. The summed E-state index contributed by atoms with van der Waals surface area (Å²) in [6.45, 7) is 9.76. The van der Waals surface area contributed by atoms with E-state index in [9.17, 15) is 0 Å². The summed E-state index contributed by atoms with van der Waals surface area (Å²) in [6.07, 6.45) is 7.20. The highest BCUT2D eigenvalue weighted by Crippen LogP contribution is 2.02. The van der Waals surface area contributed by atoms with Crippen LogP contribution in [0.2, 0.25) is 0 Å². The van der Waals surface area contributed by atoms with Crippen LogP contribution in [0.25, 0.3) is 0 Å². The van der Waals surface area contributed by atoms with Crippen molar-refractivity contribution in [3.05, 3.63) is 12.3 Å². The molecule has 0 heterocycles. The lowest BCUT2D eigenvalue weighted by Crippen LogP contribution is -2.24. The summed E-state index contributed by atoms with van der Waals surface area (Å²) in [5.41, 5.74) is 1.89. The molecule has 0 amide bonds. The summed E-state index contributed by atoms with van der Waals surface area (Å²) in [4.78, 5) is 0. The van der Waals surface area contributed by atoms with E-state index < -0.39 is 0 Å². The van der Waals surface area contributed by atoms with Crippen molar-refractivity contribution < 1.29 is 9.47 Å². The summed E-state index contributed by atoms with van der Waals surface area (Å²) in [5, 5.41) is 0. The van der Waals surface area contributed by atoms with E-state index in [0.717, 1.165) is 26.1 Å². The van der Waals surface area contributed by atoms with E-state index in [1.165, 1.54) is 25.7 Å². The molecule has 2 nitrogen and oxygen atoms in total. The van der Waals surface area contributed by atoms with Gasteiger partial charge in [0.1, 0.15) is 15.4 Å². The molecule has 0 atom stereocenters. The van der Waals surface area contributed by atoms with Gasteiger partial charge < -0.3 is 9.47 Å². The van der Waals surface area contributed by atoms with Crippen LogP contribution in [0.5, 0.6) is 0 Å². The van der Waals surface area contributed by atoms with Gasteiger partial charge in [-0.15, -0.1) is 12.3 Å². The number of hydrogen-bond acceptors (Lipinski definition) is 2. The minimum absolute atomic E-state index is 0.0498. The second-order valence-corrected chi connectivity index (χ2v) is 5.07. The van der Waals surface area contributed by atoms with Crippen LogP contribution >= 0.6 is 0 Å². The highest BCUT2D eigenvalue weighted by atomic mass is 28.2. The number of unbranched alkanes of at least 4 members (excludes halogenated alkanes) is 4. The first-order valence-corrected chi connectivity index (χ1v) is 7.60. The average Bonchev–Trinajstić information content (AvgIpc) is 2.30. The van der Waals surface area contributed by atoms with Crippen LogP contribution in [0.4, 0.5) is 0 Å². The SMILES string of the molecule is C=C[Si]C(OCCCCC)OCCCCC. The molecule has 0 spiro atoms. The molecule has 0 unspecified atom stereocenters. The summed E-state index contributed by atoms with van der Waals surface area (Å²) in [5.74, 6) is -0.0498. The zero-order valence-corrected chi connectivity index (χ0v) is 11.8. The largest absolute Gasteiger partial charge is 0.357 e. The van der Waals surface area contributed by atoms with Crippen molar-refractivity contribution in [1.82, 2.24) is 0 Å². The highest BCUT2D eigenvalue weighted by molar-refractivity contribution is 6.42. The third-order valence-electron chi connectivity index (χ3n) is 2.29. The van der Waals surface area contributed by atoms with Gasteiger partial charge in [-0.1, -0.05) is 39.5 Å². The minimum atomic E-state index is -0.0498. The van der Waals surface area contributed by atoms with Crippen LogP contribution in [0.15, 0.2) is 12.3 Å². The quantitative estimate of drug-likeness (QED) is 0.296. The first kappa shape index (κ1) is 15.9. The van der Waals surface area contributed by atoms with Crippen LogP contribution in [0.1, 0.15) is 52.4 Å². The molecule has 0 aliphatic carbocycles. The maximum absolute atomic E-state index is 5.68. The third-order valence-corrected chi connectivity index (χ3v) is 3.13. The Morgan fingerprint density at radius 2 is 1.50 bits per heavy atom. The molecule has 0 rings (SSSR count). The molecule has 0 fully saturated rings. The number of ether oxygens (including phenoxy) is 2. The van der Waals surface area contributed by atoms with E-state index in [2.05, 4.69) is 20.4 Å². The standard InChI is InChI=1S/C13H26O2Si/c1-4-7-9-11-14-13(16-6-3)15-12-10-8-5-2/h6,13H,3-5,7-12H2,1-2H3. The molecule has 0 aromatic carbocycles. The van der Waals surface area contributed by atoms with Crippen molar-refractivity contribution in [2.24, 2.45) is 0 Å². The molecule has 0 aromatic rings. The van der Waals surface area contributed by atoms with Crippen LogP contribution in [-0.4, -0.2) is 28.6 Å². The van der Waals surface area contributed by atoms with Gasteiger partial charge in [-0.25, -0.2) is 0 Å². The topological polar surface area (TPSA) is 18.5 Å². The van der Waals surface area contributed by atoms with Crippen molar-refractivity contribution >= 4 is 9.52 Å². The zero-order chi connectivity index (χ0) is 12.1. The van der Waals surface area contributed by atoms with E-state index in [1.807, 2.05) is 5.70 Å². The smallest absolute Gasteiger partial charge is 0.147 e. The lowest BCUT2D eigenvalue weighted by Gasteiger charge is -2.16. The monoisotopic (exact) mass is 242 g/mol. The Hall–Kier alpha value is -0.123. The molecular weight excluding hydrogens is 216 g/mol. The molecule has 0 aliphatic heterocycles. The fraction of sp³-hybridized carbons (Fsp3) is 0.846. The Morgan fingerprint density at radius 1 is 1.00 bits per heavy atom. The van der Waals surface area contributed by atoms with Crippen molar-refractivity contribution in [2.45, 2.75) is 58.3 Å². The van der Waals surface area contributed by atoms with Crippen molar-refractivity contribution in [2.75, 3.05) is 13.2 Å². The van der Waals surface area contributed by atoms with Gasteiger partial charge in [0.25, 0.3) is 0 Å². The first-order valence-electron chi connectivity index (χ1n) is 6.45. The molecule has 0 aromatic heterocycles. The Balaban J connectivity index is 3.49. The van der Waals surface area contributed by atoms with Gasteiger partial charge >= 0.3 is 0 Å².